The van der Waals surface area contributed by atoms with Gasteiger partial charge in [-0.05, 0) is 70.7 Å². The molecule has 0 aliphatic carbocycles. The Labute approximate surface area is 311 Å². The molecule has 3 N–H and O–H groups in total. The van der Waals surface area contributed by atoms with Gasteiger partial charge in [-0.15, -0.1) is 0 Å². The van der Waals surface area contributed by atoms with Crippen LogP contribution in [0.1, 0.15) is 132 Å². The highest BCUT2D eigenvalue weighted by Crippen LogP contribution is 2.50. The molecule has 0 radical (unpaired) electrons. The van der Waals surface area contributed by atoms with Gasteiger partial charge in [-0.3, -0.25) is 4.79 Å². The van der Waals surface area contributed by atoms with Crippen molar-refractivity contribution in [1.82, 2.24) is 0 Å². The first-order valence-electron chi connectivity index (χ1n) is 17.9. The molecule has 0 amide bonds. The first-order chi connectivity index (χ1) is 23.2. The summed E-state index contributed by atoms with van der Waals surface area (Å²) in [6.07, 6.45) is 5.15. The third-order valence-corrected chi connectivity index (χ3v) is 9.71. The fourth-order valence-corrected chi connectivity index (χ4v) is 7.10. The van der Waals surface area contributed by atoms with Crippen LogP contribution in [0.15, 0.2) is 69.9 Å². The van der Waals surface area contributed by atoms with Gasteiger partial charge in [0.25, 0.3) is 0 Å². The van der Waals surface area contributed by atoms with Crippen molar-refractivity contribution in [3.8, 4) is 12.1 Å². The van der Waals surface area contributed by atoms with Gasteiger partial charge in [0.15, 0.2) is 0 Å². The molecule has 0 aromatic heterocycles. The molecule has 0 spiro atoms. The lowest BCUT2D eigenvalue weighted by atomic mass is 9.75. The van der Waals surface area contributed by atoms with Crippen molar-refractivity contribution in [1.29, 1.82) is 10.5 Å². The number of allylic oxidation sites excluding steroid dienone is 6. The van der Waals surface area contributed by atoms with Crippen molar-refractivity contribution in [2.45, 2.75) is 131 Å². The summed E-state index contributed by atoms with van der Waals surface area (Å²) in [6.45, 7) is 29.2. The Bertz CT molecular complexity index is 1720. The number of hydrogen-bond donors (Lipinski definition) is 2. The van der Waals surface area contributed by atoms with E-state index in [1.54, 1.807) is 0 Å². The van der Waals surface area contributed by atoms with E-state index in [0.717, 1.165) is 35.6 Å². The second kappa shape index (κ2) is 17.0. The van der Waals surface area contributed by atoms with Gasteiger partial charge in [-0.1, -0.05) is 124 Å². The molecule has 1 aliphatic heterocycles. The minimum Gasteiger partial charge on any atom is -0.481 e. The predicted octanol–water partition coefficient (Wildman–Crippen LogP) is 10.4. The maximum Gasteiger partial charge on any atom is 0.309 e. The van der Waals surface area contributed by atoms with Gasteiger partial charge in [-0.25, -0.2) is 0 Å². The van der Waals surface area contributed by atoms with Crippen LogP contribution in [0.25, 0.3) is 0 Å². The number of hydrogen-bond acceptors (Lipinski definition) is 4. The molecule has 2 aromatic carbocycles. The number of nitrogens with zero attached hydrogens (tertiary/aromatic N) is 3. The molecule has 1 heterocycles. The van der Waals surface area contributed by atoms with Gasteiger partial charge in [-0.2, -0.15) is 10.5 Å². The zero-order valence-corrected chi connectivity index (χ0v) is 34.4. The Hall–Kier alpha value is -3.65. The number of quaternary nitrogens is 1. The first-order valence-corrected chi connectivity index (χ1v) is 18.7. The number of nitriles is 2. The van der Waals surface area contributed by atoms with Crippen molar-refractivity contribution in [2.24, 2.45) is 0 Å². The molecule has 1 aliphatic rings. The SMILES string of the molecule is CC.CCCN1/C(=C(C#N)/C=C(Br)/C=C(\C#N)CC(C)(C)c2cc(C(C)(C)C)ccc2[NH2+]CCC(=O)O)C(C)(C)c2cc(C(C)(C)C)ccc21. The molecule has 0 bridgehead atoms. The summed E-state index contributed by atoms with van der Waals surface area (Å²) in [5.74, 6) is -0.825. The van der Waals surface area contributed by atoms with Gasteiger partial charge in [0.2, 0.25) is 0 Å². The lowest BCUT2D eigenvalue weighted by molar-refractivity contribution is -0.571. The van der Waals surface area contributed by atoms with Gasteiger partial charge in [0, 0.05) is 44.4 Å². The molecule has 0 saturated carbocycles. The summed E-state index contributed by atoms with van der Waals surface area (Å²) in [6, 6.07) is 18.0. The maximum atomic E-state index is 11.2. The first kappa shape index (κ1) is 42.5. The van der Waals surface area contributed by atoms with Crippen molar-refractivity contribution in [3.05, 3.63) is 92.1 Å². The summed E-state index contributed by atoms with van der Waals surface area (Å²) in [5, 5.41) is 32.1. The maximum absolute atomic E-state index is 11.2. The highest BCUT2D eigenvalue weighted by atomic mass is 79.9. The van der Waals surface area contributed by atoms with Crippen molar-refractivity contribution >= 4 is 33.3 Å². The van der Waals surface area contributed by atoms with E-state index in [9.17, 15) is 20.4 Å². The Kier molecular flexibility index (Phi) is 14.5. The van der Waals surface area contributed by atoms with Crippen molar-refractivity contribution < 1.29 is 15.2 Å². The average Bonchev–Trinajstić information content (AvgIpc) is 3.24. The summed E-state index contributed by atoms with van der Waals surface area (Å²) < 4.78 is 0.661. The molecule has 0 unspecified atom stereocenters. The van der Waals surface area contributed by atoms with Gasteiger partial charge >= 0.3 is 5.97 Å². The van der Waals surface area contributed by atoms with Crippen molar-refractivity contribution in [3.63, 3.8) is 0 Å². The zero-order valence-electron chi connectivity index (χ0n) is 32.8. The predicted molar refractivity (Wildman–Crippen MR) is 212 cm³/mol. The van der Waals surface area contributed by atoms with E-state index in [1.807, 2.05) is 31.3 Å². The number of anilines is 1. The van der Waals surface area contributed by atoms with Crippen molar-refractivity contribution in [2.75, 3.05) is 18.0 Å². The van der Waals surface area contributed by atoms with Gasteiger partial charge in [0.1, 0.15) is 11.8 Å². The van der Waals surface area contributed by atoms with Crippen LogP contribution in [0.5, 0.6) is 0 Å². The van der Waals surface area contributed by atoms with Crippen LogP contribution in [0.3, 0.4) is 0 Å². The normalized spacial score (nSPS) is 15.8. The summed E-state index contributed by atoms with van der Waals surface area (Å²) >= 11 is 3.71. The van der Waals surface area contributed by atoms with Crippen LogP contribution in [0, 0.1) is 22.7 Å². The molecule has 7 heteroatoms. The number of aliphatic carboxylic acids is 1. The second-order valence-corrected chi connectivity index (χ2v) is 17.1. The molecular weight excluding hydrogens is 684 g/mol. The molecule has 3 rings (SSSR count). The summed E-state index contributed by atoms with van der Waals surface area (Å²) in [7, 11) is 0. The highest BCUT2D eigenvalue weighted by molar-refractivity contribution is 9.11. The van der Waals surface area contributed by atoms with Crippen LogP contribution in [0.2, 0.25) is 0 Å². The van der Waals surface area contributed by atoms with Crippen LogP contribution >= 0.6 is 15.9 Å². The van der Waals surface area contributed by atoms with E-state index in [4.69, 9.17) is 0 Å². The fraction of sp³-hybridized carbons (Fsp3) is 0.512. The number of carbonyl (C=O) groups is 1. The van der Waals surface area contributed by atoms with Gasteiger partial charge in [0.05, 0.1) is 24.6 Å². The lowest BCUT2D eigenvalue weighted by Gasteiger charge is -2.29. The quantitative estimate of drug-likeness (QED) is 0.135. The highest BCUT2D eigenvalue weighted by Gasteiger charge is 2.42. The summed E-state index contributed by atoms with van der Waals surface area (Å²) in [4.78, 5) is 13.5. The van der Waals surface area contributed by atoms with E-state index in [2.05, 4.69) is 146 Å². The molecule has 6 nitrogen and oxygen atoms in total. The van der Waals surface area contributed by atoms with E-state index >= 15 is 0 Å². The van der Waals surface area contributed by atoms with Crippen LogP contribution in [0.4, 0.5) is 11.4 Å². The lowest BCUT2D eigenvalue weighted by Crippen LogP contribution is -2.79. The smallest absolute Gasteiger partial charge is 0.309 e. The minimum absolute atomic E-state index is 0.00570. The fourth-order valence-electron chi connectivity index (χ4n) is 6.59. The van der Waals surface area contributed by atoms with E-state index < -0.39 is 16.8 Å². The topological polar surface area (TPSA) is 105 Å². The third-order valence-electron chi connectivity index (χ3n) is 9.25. The van der Waals surface area contributed by atoms with E-state index in [0.29, 0.717) is 28.6 Å². The Morgan fingerprint density at radius 3 is 2.04 bits per heavy atom. The van der Waals surface area contributed by atoms with Crippen LogP contribution < -0.4 is 10.2 Å². The molecule has 0 saturated heterocycles. The Balaban J connectivity index is 0.00000425. The molecule has 2 aromatic rings. The molecule has 270 valence electrons. The standard InChI is InChI=1S/C41H53BrN4O2.C2H6/c1-12-19-46-35-16-14-30(39(5,6)7)23-33(35)41(10,11)37(46)28(26-44)21-31(42)20-27(25-43)24-40(8,9)32-22-29(38(2,3)4)13-15-34(32)45-18-17-36(47)48;1-2/h13-16,20-23,45H,12,17-19,24H2,1-11H3,(H,47,48);1-2H3/p+1/b27-20-,31-21-,37-28-;. The second-order valence-electron chi connectivity index (χ2n) is 16.2. The molecule has 0 atom stereocenters. The van der Waals surface area contributed by atoms with E-state index in [-0.39, 0.29) is 17.3 Å². The number of benzene rings is 2. The Morgan fingerprint density at radius 1 is 0.940 bits per heavy atom. The molecule has 50 heavy (non-hydrogen) atoms. The van der Waals surface area contributed by atoms with Crippen LogP contribution in [-0.2, 0) is 26.5 Å². The number of carboxylic acids is 1. The van der Waals surface area contributed by atoms with E-state index in [1.165, 1.54) is 16.7 Å². The summed E-state index contributed by atoms with van der Waals surface area (Å²) in [5.41, 5.74) is 8.11. The number of rotatable bonds is 11. The zero-order chi connectivity index (χ0) is 38.2. The van der Waals surface area contributed by atoms with Crippen LogP contribution in [-0.4, -0.2) is 24.2 Å². The number of fused-ring (bicyclic) bond motifs is 1. The number of nitrogens with two attached hydrogens (primary N) is 1. The number of halogens is 1. The third kappa shape index (κ3) is 10.2. The molecular formula is C43H60BrN4O2+. The Morgan fingerprint density at radius 2 is 1.52 bits per heavy atom. The van der Waals surface area contributed by atoms with Gasteiger partial charge < -0.3 is 15.3 Å². The largest absolute Gasteiger partial charge is 0.481 e. The monoisotopic (exact) mass is 743 g/mol. The number of carboxylic acid groups (broad SMARTS) is 1. The average molecular weight is 745 g/mol. The molecule has 0 fully saturated rings. The minimum atomic E-state index is -0.825.